The summed E-state index contributed by atoms with van der Waals surface area (Å²) in [5, 5.41) is 14.2. The third kappa shape index (κ3) is 8.38. The second-order valence-electron chi connectivity index (χ2n) is 8.37. The van der Waals surface area contributed by atoms with Crippen molar-refractivity contribution in [2.24, 2.45) is 5.41 Å². The van der Waals surface area contributed by atoms with Crippen molar-refractivity contribution >= 4 is 29.4 Å². The molecule has 2 aromatic heterocycles. The van der Waals surface area contributed by atoms with E-state index in [9.17, 15) is 35.9 Å². The minimum absolute atomic E-state index is 0.0193. The molecule has 2 amide bonds. The van der Waals surface area contributed by atoms with E-state index in [2.05, 4.69) is 9.97 Å². The van der Waals surface area contributed by atoms with Crippen molar-refractivity contribution in [1.29, 1.82) is 0 Å². The number of hydrogen-bond donors (Lipinski definition) is 2. The number of alkyl halides is 6. The van der Waals surface area contributed by atoms with Gasteiger partial charge in [-0.15, -0.1) is 0 Å². The molecule has 0 saturated carbocycles. The zero-order chi connectivity index (χ0) is 29.4. The van der Waals surface area contributed by atoms with Crippen LogP contribution in [0.15, 0.2) is 49.1 Å². The summed E-state index contributed by atoms with van der Waals surface area (Å²) in [5.74, 6) is -5.41. The summed E-state index contributed by atoms with van der Waals surface area (Å²) >= 11 is 0. The molecule has 2 aliphatic heterocycles. The first-order chi connectivity index (χ1) is 18.1. The maximum absolute atomic E-state index is 13.1. The highest BCUT2D eigenvalue weighted by Crippen LogP contribution is 2.42. The number of anilines is 1. The first-order valence-corrected chi connectivity index (χ1v) is 11.1. The standard InChI is InChI=1S/C19H20N4O2.2C2HF3O2/c24-17(15-4-9-20-10-5-15)22-11-2-6-19(14-22)7-12-23(18(19)25)16-3-1-8-21-13-16;2*3-2(4,5)1(6)7/h1,3-5,8-10,13H,2,6-7,11-12,14H2;2*(H,6,7). The van der Waals surface area contributed by atoms with Crippen molar-refractivity contribution in [2.75, 3.05) is 24.5 Å². The van der Waals surface area contributed by atoms with Crippen LogP contribution in [0.3, 0.4) is 0 Å². The molecule has 2 aliphatic rings. The summed E-state index contributed by atoms with van der Waals surface area (Å²) in [5.41, 5.74) is 1.00. The number of halogens is 6. The van der Waals surface area contributed by atoms with Gasteiger partial charge in [0, 0.05) is 43.8 Å². The van der Waals surface area contributed by atoms with E-state index >= 15 is 0 Å². The topological polar surface area (TPSA) is 141 Å². The molecule has 212 valence electrons. The second-order valence-corrected chi connectivity index (χ2v) is 8.37. The Morgan fingerprint density at radius 1 is 0.846 bits per heavy atom. The summed E-state index contributed by atoms with van der Waals surface area (Å²) in [6, 6.07) is 7.20. The highest BCUT2D eigenvalue weighted by atomic mass is 19.4. The van der Waals surface area contributed by atoms with Gasteiger partial charge in [0.25, 0.3) is 5.91 Å². The van der Waals surface area contributed by atoms with Crippen LogP contribution in [0.25, 0.3) is 0 Å². The third-order valence-electron chi connectivity index (χ3n) is 5.75. The number of nitrogens with zero attached hydrogens (tertiary/aromatic N) is 4. The zero-order valence-electron chi connectivity index (χ0n) is 19.9. The molecule has 39 heavy (non-hydrogen) atoms. The number of carboxylic acids is 2. The Bertz CT molecular complexity index is 1140. The summed E-state index contributed by atoms with van der Waals surface area (Å²) in [7, 11) is 0. The predicted molar refractivity (Wildman–Crippen MR) is 120 cm³/mol. The normalized spacial score (nSPS) is 19.0. The molecule has 16 heteroatoms. The van der Waals surface area contributed by atoms with E-state index in [1.807, 2.05) is 21.9 Å². The molecule has 0 aromatic carbocycles. The zero-order valence-corrected chi connectivity index (χ0v) is 19.9. The lowest BCUT2D eigenvalue weighted by molar-refractivity contribution is -0.193. The molecular weight excluding hydrogens is 542 g/mol. The van der Waals surface area contributed by atoms with E-state index in [4.69, 9.17) is 19.8 Å². The highest BCUT2D eigenvalue weighted by molar-refractivity contribution is 6.01. The van der Waals surface area contributed by atoms with E-state index in [0.29, 0.717) is 25.2 Å². The molecule has 2 saturated heterocycles. The van der Waals surface area contributed by atoms with E-state index in [1.165, 1.54) is 0 Å². The molecule has 2 N–H and O–H groups in total. The Morgan fingerprint density at radius 2 is 1.41 bits per heavy atom. The van der Waals surface area contributed by atoms with Crippen LogP contribution in [-0.2, 0) is 14.4 Å². The average Bonchev–Trinajstić information content (AvgIpc) is 3.19. The van der Waals surface area contributed by atoms with Crippen molar-refractivity contribution in [3.63, 3.8) is 0 Å². The molecule has 1 spiro atoms. The van der Waals surface area contributed by atoms with E-state index in [-0.39, 0.29) is 11.8 Å². The molecule has 0 aliphatic carbocycles. The lowest BCUT2D eigenvalue weighted by Crippen LogP contribution is -2.50. The fraction of sp³-hybridized carbons (Fsp3) is 0.391. The monoisotopic (exact) mass is 564 g/mol. The lowest BCUT2D eigenvalue weighted by Gasteiger charge is -2.39. The van der Waals surface area contributed by atoms with E-state index in [0.717, 1.165) is 24.9 Å². The smallest absolute Gasteiger partial charge is 0.475 e. The molecule has 1 atom stereocenters. The number of carbonyl (C=O) groups is 4. The van der Waals surface area contributed by atoms with Crippen molar-refractivity contribution < 1.29 is 55.7 Å². The molecule has 2 fully saturated rings. The molecule has 2 aromatic rings. The first-order valence-electron chi connectivity index (χ1n) is 11.1. The number of hydrogen-bond acceptors (Lipinski definition) is 6. The summed E-state index contributed by atoms with van der Waals surface area (Å²) < 4.78 is 63.5. The Labute approximate surface area is 216 Å². The van der Waals surface area contributed by atoms with Crippen LogP contribution in [0.5, 0.6) is 0 Å². The van der Waals surface area contributed by atoms with Gasteiger partial charge >= 0.3 is 24.3 Å². The van der Waals surface area contributed by atoms with Gasteiger partial charge in [-0.25, -0.2) is 9.59 Å². The lowest BCUT2D eigenvalue weighted by atomic mass is 9.78. The van der Waals surface area contributed by atoms with Gasteiger partial charge in [-0.3, -0.25) is 19.6 Å². The van der Waals surface area contributed by atoms with Crippen LogP contribution in [0.1, 0.15) is 29.6 Å². The van der Waals surface area contributed by atoms with Crippen LogP contribution < -0.4 is 4.90 Å². The van der Waals surface area contributed by atoms with Gasteiger partial charge in [0.1, 0.15) is 0 Å². The number of likely N-dealkylation sites (tertiary alicyclic amines) is 1. The van der Waals surface area contributed by atoms with Crippen molar-refractivity contribution in [2.45, 2.75) is 31.6 Å². The number of pyridine rings is 2. The fourth-order valence-electron chi connectivity index (χ4n) is 3.94. The number of aromatic nitrogens is 2. The molecule has 1 unspecified atom stereocenters. The molecule has 0 radical (unpaired) electrons. The Kier molecular flexibility index (Phi) is 9.96. The van der Waals surface area contributed by atoms with Gasteiger partial charge in [0.05, 0.1) is 17.3 Å². The van der Waals surface area contributed by atoms with Gasteiger partial charge < -0.3 is 20.0 Å². The minimum Gasteiger partial charge on any atom is -0.475 e. The van der Waals surface area contributed by atoms with E-state index < -0.39 is 29.7 Å². The summed E-state index contributed by atoms with van der Waals surface area (Å²) in [6.07, 6.45) is -1.03. The van der Waals surface area contributed by atoms with Crippen molar-refractivity contribution in [1.82, 2.24) is 14.9 Å². The molecule has 0 bridgehead atoms. The maximum atomic E-state index is 13.1. The Morgan fingerprint density at radius 3 is 1.90 bits per heavy atom. The predicted octanol–water partition coefficient (Wildman–Crippen LogP) is 3.40. The van der Waals surface area contributed by atoms with Crippen molar-refractivity contribution in [3.8, 4) is 0 Å². The van der Waals surface area contributed by atoms with Gasteiger partial charge in [0.2, 0.25) is 5.91 Å². The van der Waals surface area contributed by atoms with Gasteiger partial charge in [-0.2, -0.15) is 26.3 Å². The van der Waals surface area contributed by atoms with Gasteiger partial charge in [0.15, 0.2) is 0 Å². The quantitative estimate of drug-likeness (QED) is 0.529. The summed E-state index contributed by atoms with van der Waals surface area (Å²) in [4.78, 5) is 55.4. The molecule has 4 rings (SSSR count). The molecule has 10 nitrogen and oxygen atoms in total. The largest absolute Gasteiger partial charge is 0.490 e. The Hall–Kier alpha value is -4.24. The number of carbonyl (C=O) groups excluding carboxylic acids is 2. The number of piperidine rings is 1. The third-order valence-corrected chi connectivity index (χ3v) is 5.75. The van der Waals surface area contributed by atoms with Crippen LogP contribution in [0.4, 0.5) is 32.0 Å². The SMILES string of the molecule is O=C(O)C(F)(F)F.O=C(O)C(F)(F)F.O=C(c1ccncc1)N1CCCC2(CCN(c3cccnc3)C2=O)C1. The fourth-order valence-corrected chi connectivity index (χ4v) is 3.94. The first kappa shape index (κ1) is 31.0. The van der Waals surface area contributed by atoms with Crippen molar-refractivity contribution in [3.05, 3.63) is 54.6 Å². The van der Waals surface area contributed by atoms with Gasteiger partial charge in [-0.1, -0.05) is 0 Å². The molecule has 4 heterocycles. The molecular formula is C23H22F6N4O6. The van der Waals surface area contributed by atoms with Gasteiger partial charge in [-0.05, 0) is 43.5 Å². The number of carboxylic acid groups (broad SMARTS) is 2. The van der Waals surface area contributed by atoms with E-state index in [1.54, 1.807) is 36.9 Å². The number of amides is 2. The van der Waals surface area contributed by atoms with Crippen LogP contribution in [0.2, 0.25) is 0 Å². The van der Waals surface area contributed by atoms with Crippen LogP contribution in [-0.4, -0.2) is 80.8 Å². The van der Waals surface area contributed by atoms with Crippen LogP contribution >= 0.6 is 0 Å². The van der Waals surface area contributed by atoms with Crippen LogP contribution in [0, 0.1) is 5.41 Å². The second kappa shape index (κ2) is 12.5. The summed E-state index contributed by atoms with van der Waals surface area (Å²) in [6.45, 7) is 1.87. The maximum Gasteiger partial charge on any atom is 0.490 e. The number of aliphatic carboxylic acids is 2. The Balaban J connectivity index is 0.000000317. The average molecular weight is 564 g/mol. The number of rotatable bonds is 2. The highest BCUT2D eigenvalue weighted by Gasteiger charge is 2.50. The minimum atomic E-state index is -5.08.